The third-order valence-corrected chi connectivity index (χ3v) is 2.23. The number of carboxylic acids is 2. The smallest absolute Gasteiger partial charge is 0.336 e. The Hall–Kier alpha value is -3.42. The first kappa shape index (κ1) is 22.9. The fraction of sp³-hybridized carbons (Fsp3) is 0.125. The fourth-order valence-corrected chi connectivity index (χ4v) is 0.856. The molecule has 130 valence electrons. The van der Waals surface area contributed by atoms with E-state index in [1.165, 1.54) is 24.3 Å². The van der Waals surface area contributed by atoms with Crippen molar-refractivity contribution in [1.29, 1.82) is 0 Å². The molecule has 6 N–H and O–H groups in total. The van der Waals surface area contributed by atoms with Crippen LogP contribution in [0.2, 0.25) is 0 Å². The predicted molar refractivity (Wildman–Crippen MR) is 88.4 cm³/mol. The highest BCUT2D eigenvalue weighted by atomic mass is 16.4. The number of nitrogens with two attached hydrogens (primary N) is 2. The molecular formula is C16H20N2O6. The summed E-state index contributed by atoms with van der Waals surface area (Å²) in [4.78, 5) is 40.6. The molecule has 0 unspecified atom stereocenters. The number of aromatic carboxylic acids is 2. The average molecular weight is 336 g/mol. The van der Waals surface area contributed by atoms with Crippen LogP contribution >= 0.6 is 0 Å². The minimum absolute atomic E-state index is 0.190. The zero-order chi connectivity index (χ0) is 19.4. The van der Waals surface area contributed by atoms with Crippen LogP contribution < -0.4 is 11.5 Å². The summed E-state index contributed by atoms with van der Waals surface area (Å²) in [7, 11) is 0. The summed E-state index contributed by atoms with van der Waals surface area (Å²) in [6, 6.07) is 5.48. The van der Waals surface area contributed by atoms with E-state index < -0.39 is 23.8 Å². The SMILES string of the molecule is C=C(C)C(N)=O.C=C(C)C(N)=O.O=C(O)c1ccccc1C(=O)O. The molecule has 1 aromatic carbocycles. The largest absolute Gasteiger partial charge is 0.478 e. The summed E-state index contributed by atoms with van der Waals surface area (Å²) in [6.45, 7) is 9.70. The zero-order valence-electron chi connectivity index (χ0n) is 13.4. The summed E-state index contributed by atoms with van der Waals surface area (Å²) in [6.07, 6.45) is 0. The lowest BCUT2D eigenvalue weighted by molar-refractivity contribution is -0.115. The number of amides is 2. The topological polar surface area (TPSA) is 161 Å². The highest BCUT2D eigenvalue weighted by molar-refractivity contribution is 6.01. The lowest BCUT2D eigenvalue weighted by Crippen LogP contribution is -2.10. The zero-order valence-corrected chi connectivity index (χ0v) is 13.4. The molecule has 0 fully saturated rings. The number of carbonyl (C=O) groups excluding carboxylic acids is 2. The van der Waals surface area contributed by atoms with Crippen molar-refractivity contribution in [3.8, 4) is 0 Å². The van der Waals surface area contributed by atoms with Gasteiger partial charge in [-0.1, -0.05) is 25.3 Å². The van der Waals surface area contributed by atoms with Gasteiger partial charge in [0.25, 0.3) is 0 Å². The molecule has 0 saturated heterocycles. The van der Waals surface area contributed by atoms with Crippen molar-refractivity contribution in [1.82, 2.24) is 0 Å². The van der Waals surface area contributed by atoms with Gasteiger partial charge in [-0.2, -0.15) is 0 Å². The van der Waals surface area contributed by atoms with E-state index >= 15 is 0 Å². The maximum absolute atomic E-state index is 10.5. The van der Waals surface area contributed by atoms with E-state index in [9.17, 15) is 19.2 Å². The molecule has 0 aromatic heterocycles. The van der Waals surface area contributed by atoms with Crippen LogP contribution in [0.1, 0.15) is 34.6 Å². The third-order valence-electron chi connectivity index (χ3n) is 2.23. The molecule has 0 aliphatic carbocycles. The van der Waals surface area contributed by atoms with E-state index in [0.29, 0.717) is 11.1 Å². The third kappa shape index (κ3) is 10.3. The number of carboxylic acid groups (broad SMARTS) is 2. The van der Waals surface area contributed by atoms with Gasteiger partial charge in [0.05, 0.1) is 11.1 Å². The van der Waals surface area contributed by atoms with Crippen LogP contribution in [0.4, 0.5) is 0 Å². The minimum atomic E-state index is -1.23. The predicted octanol–water partition coefficient (Wildman–Crippen LogP) is 1.18. The summed E-state index contributed by atoms with van der Waals surface area (Å²) in [5.74, 6) is -3.33. The van der Waals surface area contributed by atoms with E-state index in [2.05, 4.69) is 13.2 Å². The number of primary amides is 2. The number of hydrogen-bond acceptors (Lipinski definition) is 4. The van der Waals surface area contributed by atoms with Gasteiger partial charge in [-0.25, -0.2) is 9.59 Å². The van der Waals surface area contributed by atoms with E-state index in [0.717, 1.165) is 0 Å². The summed E-state index contributed by atoms with van der Waals surface area (Å²) >= 11 is 0. The Labute approximate surface area is 139 Å². The molecule has 0 atom stereocenters. The fourth-order valence-electron chi connectivity index (χ4n) is 0.856. The van der Waals surface area contributed by atoms with Crippen molar-refractivity contribution < 1.29 is 29.4 Å². The molecule has 1 aromatic rings. The highest BCUT2D eigenvalue weighted by Gasteiger charge is 2.13. The van der Waals surface area contributed by atoms with Gasteiger partial charge in [-0.3, -0.25) is 9.59 Å². The molecule has 0 aliphatic heterocycles. The Balaban J connectivity index is 0. The molecule has 2 amide bonds. The molecular weight excluding hydrogens is 316 g/mol. The molecule has 8 nitrogen and oxygen atoms in total. The summed E-state index contributed by atoms with van der Waals surface area (Å²) in [5, 5.41) is 17.1. The average Bonchev–Trinajstić information content (AvgIpc) is 2.48. The van der Waals surface area contributed by atoms with Gasteiger partial charge in [0.2, 0.25) is 11.8 Å². The van der Waals surface area contributed by atoms with Gasteiger partial charge < -0.3 is 21.7 Å². The lowest BCUT2D eigenvalue weighted by Gasteiger charge is -1.98. The molecule has 1 rings (SSSR count). The second-order valence-electron chi connectivity index (χ2n) is 4.45. The van der Waals surface area contributed by atoms with Gasteiger partial charge >= 0.3 is 11.9 Å². The summed E-state index contributed by atoms with van der Waals surface area (Å²) < 4.78 is 0. The monoisotopic (exact) mass is 336 g/mol. The van der Waals surface area contributed by atoms with Gasteiger partial charge in [-0.05, 0) is 26.0 Å². The normalized spacial score (nSPS) is 8.42. The van der Waals surface area contributed by atoms with Crippen LogP contribution in [0.25, 0.3) is 0 Å². The first-order chi connectivity index (χ1) is 10.9. The Morgan fingerprint density at radius 2 is 1.00 bits per heavy atom. The molecule has 0 spiro atoms. The van der Waals surface area contributed by atoms with Crippen LogP contribution in [0, 0.1) is 0 Å². The quantitative estimate of drug-likeness (QED) is 0.604. The number of benzene rings is 1. The molecule has 24 heavy (non-hydrogen) atoms. The van der Waals surface area contributed by atoms with Gasteiger partial charge in [0.1, 0.15) is 0 Å². The summed E-state index contributed by atoms with van der Waals surface area (Å²) in [5.41, 5.74) is 9.81. The Morgan fingerprint density at radius 1 is 0.792 bits per heavy atom. The van der Waals surface area contributed by atoms with Crippen LogP contribution in [-0.4, -0.2) is 34.0 Å². The Morgan fingerprint density at radius 3 is 1.12 bits per heavy atom. The van der Waals surface area contributed by atoms with Gasteiger partial charge in [0, 0.05) is 11.1 Å². The second-order valence-corrected chi connectivity index (χ2v) is 4.45. The molecule has 0 radical (unpaired) electrons. The van der Waals surface area contributed by atoms with Crippen molar-refractivity contribution >= 4 is 23.8 Å². The van der Waals surface area contributed by atoms with E-state index in [1.807, 2.05) is 0 Å². The van der Waals surface area contributed by atoms with Crippen LogP contribution in [0.5, 0.6) is 0 Å². The van der Waals surface area contributed by atoms with Crippen LogP contribution in [0.15, 0.2) is 48.6 Å². The number of carbonyl (C=O) groups is 4. The van der Waals surface area contributed by atoms with Gasteiger partial charge in [-0.15, -0.1) is 0 Å². The van der Waals surface area contributed by atoms with Crippen LogP contribution in [0.3, 0.4) is 0 Å². The minimum Gasteiger partial charge on any atom is -0.478 e. The first-order valence-electron chi connectivity index (χ1n) is 6.38. The van der Waals surface area contributed by atoms with E-state index in [1.54, 1.807) is 13.8 Å². The number of rotatable bonds is 4. The Kier molecular flexibility index (Phi) is 10.7. The molecule has 0 bridgehead atoms. The molecule has 8 heteroatoms. The maximum atomic E-state index is 10.5. The lowest BCUT2D eigenvalue weighted by atomic mass is 10.1. The molecule has 0 saturated carbocycles. The van der Waals surface area contributed by atoms with Gasteiger partial charge in [0.15, 0.2) is 0 Å². The first-order valence-corrected chi connectivity index (χ1v) is 6.38. The van der Waals surface area contributed by atoms with Crippen molar-refractivity contribution in [2.45, 2.75) is 13.8 Å². The standard InChI is InChI=1S/C8H6O4.2C4H7NO/c9-7(10)5-3-1-2-4-6(5)8(11)12;2*1-3(2)4(5)6/h1-4H,(H,9,10)(H,11,12);2*1H2,2H3,(H2,5,6). The van der Waals surface area contributed by atoms with Crippen LogP contribution in [-0.2, 0) is 9.59 Å². The van der Waals surface area contributed by atoms with Crippen molar-refractivity contribution in [3.05, 3.63) is 59.7 Å². The maximum Gasteiger partial charge on any atom is 0.336 e. The van der Waals surface area contributed by atoms with Crippen molar-refractivity contribution in [3.63, 3.8) is 0 Å². The number of hydrogen-bond donors (Lipinski definition) is 4. The van der Waals surface area contributed by atoms with Crippen molar-refractivity contribution in [2.75, 3.05) is 0 Å². The van der Waals surface area contributed by atoms with Crippen molar-refractivity contribution in [2.24, 2.45) is 11.5 Å². The van der Waals surface area contributed by atoms with E-state index in [-0.39, 0.29) is 11.1 Å². The Bertz CT molecular complexity index is 583. The molecule has 0 aliphatic rings. The second kappa shape index (κ2) is 11.2. The highest BCUT2D eigenvalue weighted by Crippen LogP contribution is 2.07. The molecule has 0 heterocycles. The van der Waals surface area contributed by atoms with E-state index in [4.69, 9.17) is 21.7 Å².